The molecule has 1 fully saturated rings. The summed E-state index contributed by atoms with van der Waals surface area (Å²) in [6.45, 7) is 3.87. The summed E-state index contributed by atoms with van der Waals surface area (Å²) in [6.07, 6.45) is 1.94. The van der Waals surface area contributed by atoms with Crippen LogP contribution >= 0.6 is 0 Å². The first kappa shape index (κ1) is 14.0. The van der Waals surface area contributed by atoms with Crippen LogP contribution in [0.5, 0.6) is 0 Å². The number of aryl methyl sites for hydroxylation is 1. The zero-order valence-electron chi connectivity index (χ0n) is 11.0. The first-order valence-electron chi connectivity index (χ1n) is 6.21. The molecule has 1 aliphatic carbocycles. The number of benzene rings is 1. The van der Waals surface area contributed by atoms with Gasteiger partial charge in [0.2, 0.25) is 10.0 Å². The van der Waals surface area contributed by atoms with E-state index < -0.39 is 10.0 Å². The zero-order chi connectivity index (χ0) is 14.2. The number of rotatable bonds is 3. The fourth-order valence-electron chi connectivity index (χ4n) is 2.33. The van der Waals surface area contributed by atoms with Gasteiger partial charge in [-0.2, -0.15) is 0 Å². The maximum Gasteiger partial charge on any atom is 0.251 e. The topological polar surface area (TPSA) is 89.3 Å². The van der Waals surface area contributed by atoms with E-state index in [1.165, 1.54) is 12.1 Å². The summed E-state index contributed by atoms with van der Waals surface area (Å²) >= 11 is 0. The number of primary sulfonamides is 1. The maximum atomic E-state index is 12.0. The van der Waals surface area contributed by atoms with Crippen molar-refractivity contribution in [3.8, 4) is 0 Å². The molecule has 1 saturated carbocycles. The second kappa shape index (κ2) is 4.94. The largest absolute Gasteiger partial charge is 0.349 e. The van der Waals surface area contributed by atoms with Crippen LogP contribution in [0, 0.1) is 12.8 Å². The Kier molecular flexibility index (Phi) is 3.64. The molecule has 2 rings (SSSR count). The standard InChI is InChI=1S/C13H18N2O3S/c1-8-3-10(7-12(6-8)19(14,17)18)13(16)15-11-4-9(2)5-11/h3,6-7,9,11H,4-5H2,1-2H3,(H,15,16)(H2,14,17,18). The molecule has 104 valence electrons. The number of hydrogen-bond donors (Lipinski definition) is 2. The van der Waals surface area contributed by atoms with E-state index in [0.29, 0.717) is 17.0 Å². The summed E-state index contributed by atoms with van der Waals surface area (Å²) in [5.74, 6) is 0.397. The molecule has 1 aliphatic rings. The number of hydrogen-bond acceptors (Lipinski definition) is 3. The van der Waals surface area contributed by atoms with Crippen molar-refractivity contribution in [2.24, 2.45) is 11.1 Å². The van der Waals surface area contributed by atoms with Crippen LogP contribution in [0.15, 0.2) is 23.1 Å². The van der Waals surface area contributed by atoms with Crippen molar-refractivity contribution in [2.75, 3.05) is 0 Å². The van der Waals surface area contributed by atoms with Gasteiger partial charge in [0, 0.05) is 11.6 Å². The van der Waals surface area contributed by atoms with Gasteiger partial charge in [-0.05, 0) is 49.4 Å². The Bertz CT molecular complexity index is 604. The highest BCUT2D eigenvalue weighted by atomic mass is 32.2. The normalized spacial score (nSPS) is 22.7. The number of sulfonamides is 1. The van der Waals surface area contributed by atoms with E-state index in [1.807, 2.05) is 0 Å². The summed E-state index contributed by atoms with van der Waals surface area (Å²) in [6, 6.07) is 4.63. The molecule has 5 nitrogen and oxygen atoms in total. The number of amides is 1. The van der Waals surface area contributed by atoms with E-state index in [1.54, 1.807) is 13.0 Å². The van der Waals surface area contributed by atoms with Crippen LogP contribution in [0.25, 0.3) is 0 Å². The lowest BCUT2D eigenvalue weighted by Crippen LogP contribution is -2.43. The second-order valence-corrected chi connectivity index (χ2v) is 6.89. The molecule has 3 N–H and O–H groups in total. The van der Waals surface area contributed by atoms with Crippen molar-refractivity contribution in [1.29, 1.82) is 0 Å². The second-order valence-electron chi connectivity index (χ2n) is 5.33. The summed E-state index contributed by atoms with van der Waals surface area (Å²) in [5.41, 5.74) is 1.03. The highest BCUT2D eigenvalue weighted by molar-refractivity contribution is 7.89. The van der Waals surface area contributed by atoms with Gasteiger partial charge in [-0.25, -0.2) is 13.6 Å². The summed E-state index contributed by atoms with van der Waals surface area (Å²) in [7, 11) is -3.79. The van der Waals surface area contributed by atoms with Gasteiger partial charge >= 0.3 is 0 Å². The molecule has 0 bridgehead atoms. The summed E-state index contributed by atoms with van der Waals surface area (Å²) in [5, 5.41) is 7.99. The van der Waals surface area contributed by atoms with Crippen molar-refractivity contribution in [3.63, 3.8) is 0 Å². The molecule has 19 heavy (non-hydrogen) atoms. The van der Waals surface area contributed by atoms with Crippen LogP contribution in [0.2, 0.25) is 0 Å². The molecule has 0 aromatic heterocycles. The van der Waals surface area contributed by atoms with Crippen molar-refractivity contribution in [2.45, 2.75) is 37.6 Å². The van der Waals surface area contributed by atoms with Gasteiger partial charge in [0.25, 0.3) is 5.91 Å². The minimum Gasteiger partial charge on any atom is -0.349 e. The molecule has 0 saturated heterocycles. The molecule has 6 heteroatoms. The first-order valence-corrected chi connectivity index (χ1v) is 7.75. The van der Waals surface area contributed by atoms with Crippen LogP contribution < -0.4 is 10.5 Å². The van der Waals surface area contributed by atoms with Crippen molar-refractivity contribution < 1.29 is 13.2 Å². The molecule has 0 atom stereocenters. The Morgan fingerprint density at radius 3 is 2.47 bits per heavy atom. The van der Waals surface area contributed by atoms with Gasteiger partial charge in [0.1, 0.15) is 0 Å². The maximum absolute atomic E-state index is 12.0. The van der Waals surface area contributed by atoms with Crippen LogP contribution in [0.1, 0.15) is 35.7 Å². The van der Waals surface area contributed by atoms with Crippen LogP contribution in [-0.4, -0.2) is 20.4 Å². The highest BCUT2D eigenvalue weighted by Crippen LogP contribution is 2.26. The Morgan fingerprint density at radius 1 is 1.32 bits per heavy atom. The van der Waals surface area contributed by atoms with Gasteiger partial charge < -0.3 is 5.32 Å². The van der Waals surface area contributed by atoms with Gasteiger partial charge in [-0.1, -0.05) is 6.92 Å². The zero-order valence-corrected chi connectivity index (χ0v) is 11.8. The number of carbonyl (C=O) groups is 1. The highest BCUT2D eigenvalue weighted by Gasteiger charge is 2.27. The van der Waals surface area contributed by atoms with Crippen LogP contribution in [-0.2, 0) is 10.0 Å². The van der Waals surface area contributed by atoms with E-state index in [2.05, 4.69) is 12.2 Å². The van der Waals surface area contributed by atoms with Crippen molar-refractivity contribution in [1.82, 2.24) is 5.32 Å². The third-order valence-electron chi connectivity index (χ3n) is 3.35. The summed E-state index contributed by atoms with van der Waals surface area (Å²) in [4.78, 5) is 12.0. The first-order chi connectivity index (χ1) is 8.75. The number of nitrogens with two attached hydrogens (primary N) is 1. The third kappa shape index (κ3) is 3.33. The van der Waals surface area contributed by atoms with Gasteiger partial charge in [0.15, 0.2) is 0 Å². The molecule has 0 aliphatic heterocycles. The van der Waals surface area contributed by atoms with Gasteiger partial charge in [-0.3, -0.25) is 4.79 Å². The van der Waals surface area contributed by atoms with E-state index in [4.69, 9.17) is 5.14 Å². The molecule has 1 amide bonds. The lowest BCUT2D eigenvalue weighted by molar-refractivity contribution is 0.0895. The van der Waals surface area contributed by atoms with Crippen molar-refractivity contribution in [3.05, 3.63) is 29.3 Å². The monoisotopic (exact) mass is 282 g/mol. The quantitative estimate of drug-likeness (QED) is 0.872. The van der Waals surface area contributed by atoms with E-state index in [0.717, 1.165) is 12.8 Å². The lowest BCUT2D eigenvalue weighted by Gasteiger charge is -2.33. The summed E-state index contributed by atoms with van der Waals surface area (Å²) < 4.78 is 22.7. The minimum absolute atomic E-state index is 0.0281. The van der Waals surface area contributed by atoms with Gasteiger partial charge in [-0.15, -0.1) is 0 Å². The molecule has 1 aromatic carbocycles. The Labute approximate surface area is 113 Å². The fraction of sp³-hybridized carbons (Fsp3) is 0.462. The number of nitrogens with one attached hydrogen (secondary N) is 1. The Hall–Kier alpha value is -1.40. The Balaban J connectivity index is 2.20. The molecular formula is C13H18N2O3S. The van der Waals surface area contributed by atoms with Gasteiger partial charge in [0.05, 0.1) is 4.90 Å². The predicted molar refractivity (Wildman–Crippen MR) is 72.2 cm³/mol. The molecule has 1 aromatic rings. The van der Waals surface area contributed by atoms with Crippen LogP contribution in [0.3, 0.4) is 0 Å². The van der Waals surface area contributed by atoms with Crippen LogP contribution in [0.4, 0.5) is 0 Å². The van der Waals surface area contributed by atoms with E-state index >= 15 is 0 Å². The van der Waals surface area contributed by atoms with E-state index in [-0.39, 0.29) is 16.8 Å². The SMILES string of the molecule is Cc1cc(C(=O)NC2CC(C)C2)cc(S(N)(=O)=O)c1. The molecular weight excluding hydrogens is 264 g/mol. The average Bonchev–Trinajstić information content (AvgIpc) is 2.24. The fourth-order valence-corrected chi connectivity index (χ4v) is 2.97. The smallest absolute Gasteiger partial charge is 0.251 e. The number of carbonyl (C=O) groups excluding carboxylic acids is 1. The molecule has 0 unspecified atom stereocenters. The minimum atomic E-state index is -3.79. The lowest BCUT2D eigenvalue weighted by atomic mass is 9.82. The third-order valence-corrected chi connectivity index (χ3v) is 4.24. The molecule has 0 radical (unpaired) electrons. The Morgan fingerprint density at radius 2 is 1.95 bits per heavy atom. The predicted octanol–water partition coefficient (Wildman–Crippen LogP) is 1.17. The average molecular weight is 282 g/mol. The van der Waals surface area contributed by atoms with E-state index in [9.17, 15) is 13.2 Å². The molecule has 0 heterocycles. The molecule has 0 spiro atoms. The van der Waals surface area contributed by atoms with Crippen molar-refractivity contribution >= 4 is 15.9 Å².